The molecule has 0 aliphatic heterocycles. The molecule has 184 valence electrons. The van der Waals surface area contributed by atoms with Crippen molar-refractivity contribution in [1.82, 2.24) is 4.98 Å². The lowest BCUT2D eigenvalue weighted by molar-refractivity contribution is -0.114. The summed E-state index contributed by atoms with van der Waals surface area (Å²) in [5, 5.41) is 20.4. The monoisotopic (exact) mass is 509 g/mol. The summed E-state index contributed by atoms with van der Waals surface area (Å²) in [6, 6.07) is 19.3. The second-order valence-corrected chi connectivity index (χ2v) is 9.22. The number of nitriles is 2. The van der Waals surface area contributed by atoms with E-state index in [0.29, 0.717) is 26.6 Å². The SMILES string of the molecule is CCOC(=O)c1sc(CC(=O)/C(C#N)=C/c2c(-c3ccccc3)[nH]c3c(OC)cccc23)c(C#N)c1C. The number of methoxy groups -OCH3 is 1. The van der Waals surface area contributed by atoms with Crippen molar-refractivity contribution >= 4 is 40.1 Å². The zero-order chi connectivity index (χ0) is 26.5. The van der Waals surface area contributed by atoms with E-state index in [1.807, 2.05) is 54.6 Å². The molecular weight excluding hydrogens is 486 g/mol. The van der Waals surface area contributed by atoms with Gasteiger partial charge in [-0.25, -0.2) is 4.79 Å². The van der Waals surface area contributed by atoms with Crippen LogP contribution in [-0.2, 0) is 16.0 Å². The third-order valence-electron chi connectivity index (χ3n) is 5.94. The first-order chi connectivity index (χ1) is 17.9. The van der Waals surface area contributed by atoms with Crippen LogP contribution >= 0.6 is 11.3 Å². The third-order valence-corrected chi connectivity index (χ3v) is 7.21. The second kappa shape index (κ2) is 10.9. The van der Waals surface area contributed by atoms with Crippen molar-refractivity contribution in [3.8, 4) is 29.1 Å². The van der Waals surface area contributed by atoms with E-state index in [2.05, 4.69) is 11.1 Å². The number of hydrogen-bond acceptors (Lipinski definition) is 7. The van der Waals surface area contributed by atoms with E-state index in [1.54, 1.807) is 27.0 Å². The van der Waals surface area contributed by atoms with Gasteiger partial charge >= 0.3 is 5.97 Å². The van der Waals surface area contributed by atoms with Gasteiger partial charge in [-0.05, 0) is 37.1 Å². The largest absolute Gasteiger partial charge is 0.495 e. The predicted octanol–water partition coefficient (Wildman–Crippen LogP) is 5.98. The molecule has 0 unspecified atom stereocenters. The summed E-state index contributed by atoms with van der Waals surface area (Å²) in [5.74, 6) is -0.346. The Kier molecular flexibility index (Phi) is 7.52. The van der Waals surface area contributed by atoms with Crippen LogP contribution in [0.15, 0.2) is 54.1 Å². The van der Waals surface area contributed by atoms with E-state index < -0.39 is 11.8 Å². The minimum atomic E-state index is -0.531. The van der Waals surface area contributed by atoms with Crippen molar-refractivity contribution < 1.29 is 19.1 Å². The molecule has 7 nitrogen and oxygen atoms in total. The van der Waals surface area contributed by atoms with Gasteiger partial charge in [-0.2, -0.15) is 10.5 Å². The number of allylic oxidation sites excluding steroid dienone is 1. The molecule has 4 aromatic rings. The number of para-hydroxylation sites is 1. The fourth-order valence-electron chi connectivity index (χ4n) is 4.16. The Morgan fingerprint density at radius 2 is 1.86 bits per heavy atom. The Hall–Kier alpha value is -4.66. The number of ketones is 1. The number of aromatic nitrogens is 1. The molecule has 8 heteroatoms. The number of esters is 1. The van der Waals surface area contributed by atoms with Crippen LogP contribution in [0.3, 0.4) is 0 Å². The van der Waals surface area contributed by atoms with Crippen LogP contribution in [0, 0.1) is 29.6 Å². The zero-order valence-corrected chi connectivity index (χ0v) is 21.4. The van der Waals surface area contributed by atoms with E-state index in [0.717, 1.165) is 33.5 Å². The maximum Gasteiger partial charge on any atom is 0.348 e. The molecule has 2 heterocycles. The molecule has 2 aromatic heterocycles. The van der Waals surface area contributed by atoms with Gasteiger partial charge in [0.2, 0.25) is 0 Å². The number of hydrogen-bond donors (Lipinski definition) is 1. The first-order valence-electron chi connectivity index (χ1n) is 11.5. The molecule has 0 atom stereocenters. The molecule has 0 aliphatic carbocycles. The lowest BCUT2D eigenvalue weighted by atomic mass is 9.99. The topological polar surface area (TPSA) is 116 Å². The van der Waals surface area contributed by atoms with Gasteiger partial charge in [-0.1, -0.05) is 42.5 Å². The van der Waals surface area contributed by atoms with E-state index in [1.165, 1.54) is 0 Å². The summed E-state index contributed by atoms with van der Waals surface area (Å²) in [7, 11) is 1.58. The molecular formula is C29H23N3O4S. The number of nitrogens with one attached hydrogen (secondary N) is 1. The fourth-order valence-corrected chi connectivity index (χ4v) is 5.31. The highest BCUT2D eigenvalue weighted by molar-refractivity contribution is 7.14. The van der Waals surface area contributed by atoms with Crippen LogP contribution in [0.5, 0.6) is 5.75 Å². The Bertz CT molecular complexity index is 1610. The van der Waals surface area contributed by atoms with Crippen LogP contribution in [0.4, 0.5) is 0 Å². The molecule has 0 radical (unpaired) electrons. The summed E-state index contributed by atoms with van der Waals surface area (Å²) in [5.41, 5.74) is 3.74. The number of fused-ring (bicyclic) bond motifs is 1. The molecule has 0 saturated carbocycles. The number of rotatable bonds is 8. The summed E-state index contributed by atoms with van der Waals surface area (Å²) in [6.45, 7) is 3.55. The number of ether oxygens (including phenoxy) is 2. The lowest BCUT2D eigenvalue weighted by Crippen LogP contribution is -2.05. The Morgan fingerprint density at radius 3 is 2.51 bits per heavy atom. The third kappa shape index (κ3) is 4.88. The van der Waals surface area contributed by atoms with Crippen LogP contribution in [-0.4, -0.2) is 30.5 Å². The first kappa shape index (κ1) is 25.4. The average Bonchev–Trinajstić information content (AvgIpc) is 3.44. The smallest absolute Gasteiger partial charge is 0.348 e. The lowest BCUT2D eigenvalue weighted by Gasteiger charge is -2.03. The predicted molar refractivity (Wildman–Crippen MR) is 142 cm³/mol. The summed E-state index contributed by atoms with van der Waals surface area (Å²) in [6.07, 6.45) is 1.39. The normalized spacial score (nSPS) is 11.1. The fraction of sp³-hybridized carbons (Fsp3) is 0.172. The molecule has 0 amide bonds. The van der Waals surface area contributed by atoms with Crippen LogP contribution in [0.2, 0.25) is 0 Å². The van der Waals surface area contributed by atoms with Crippen molar-refractivity contribution in [3.05, 3.63) is 80.5 Å². The van der Waals surface area contributed by atoms with E-state index in [9.17, 15) is 20.1 Å². The number of nitrogens with zero attached hydrogens (tertiary/aromatic N) is 2. The van der Waals surface area contributed by atoms with Crippen molar-refractivity contribution in [3.63, 3.8) is 0 Å². The molecule has 0 fully saturated rings. The molecule has 0 spiro atoms. The maximum atomic E-state index is 13.3. The van der Waals surface area contributed by atoms with Gasteiger partial charge in [-0.3, -0.25) is 4.79 Å². The highest BCUT2D eigenvalue weighted by atomic mass is 32.1. The molecule has 2 aromatic carbocycles. The molecule has 1 N–H and O–H groups in total. The van der Waals surface area contributed by atoms with E-state index in [4.69, 9.17) is 9.47 Å². The average molecular weight is 510 g/mol. The van der Waals surface area contributed by atoms with Gasteiger partial charge in [0.05, 0.1) is 36.1 Å². The number of benzene rings is 2. The second-order valence-electron chi connectivity index (χ2n) is 8.12. The van der Waals surface area contributed by atoms with Crippen LogP contribution in [0.25, 0.3) is 28.2 Å². The van der Waals surface area contributed by atoms with Crippen molar-refractivity contribution in [2.75, 3.05) is 13.7 Å². The van der Waals surface area contributed by atoms with E-state index in [-0.39, 0.29) is 24.2 Å². The quantitative estimate of drug-likeness (QED) is 0.177. The first-order valence-corrected chi connectivity index (χ1v) is 12.3. The summed E-state index contributed by atoms with van der Waals surface area (Å²) in [4.78, 5) is 29.7. The van der Waals surface area contributed by atoms with Crippen molar-refractivity contribution in [2.24, 2.45) is 0 Å². The number of thiophene rings is 1. The van der Waals surface area contributed by atoms with Crippen LogP contribution in [0.1, 0.15) is 38.2 Å². The zero-order valence-electron chi connectivity index (χ0n) is 20.5. The van der Waals surface area contributed by atoms with Crippen molar-refractivity contribution in [2.45, 2.75) is 20.3 Å². The van der Waals surface area contributed by atoms with Gasteiger partial charge in [0.25, 0.3) is 0 Å². The number of aromatic amines is 1. The number of carbonyl (C=O) groups is 2. The van der Waals surface area contributed by atoms with Gasteiger partial charge in [0, 0.05) is 22.2 Å². The maximum absolute atomic E-state index is 13.3. The highest BCUT2D eigenvalue weighted by Crippen LogP contribution is 2.36. The Balaban J connectivity index is 1.80. The van der Waals surface area contributed by atoms with E-state index >= 15 is 0 Å². The van der Waals surface area contributed by atoms with Crippen LogP contribution < -0.4 is 4.74 Å². The van der Waals surface area contributed by atoms with Gasteiger partial charge in [0.15, 0.2) is 5.78 Å². The molecule has 0 saturated heterocycles. The summed E-state index contributed by atoms with van der Waals surface area (Å²) < 4.78 is 10.6. The molecule has 0 bridgehead atoms. The molecule has 0 aliphatic rings. The minimum absolute atomic E-state index is 0.0615. The Morgan fingerprint density at radius 1 is 1.11 bits per heavy atom. The standard InChI is InChI=1S/C29H23N3O4S/c1-4-36-29(34)28-17(2)22(16-31)25(37-28)14-23(33)19(15-30)13-21-20-11-8-12-24(35-3)27(20)32-26(21)18-9-6-5-7-10-18/h5-13,32H,4,14H2,1-3H3/b19-13+. The number of H-pyrrole nitrogens is 1. The van der Waals surface area contributed by atoms with Crippen molar-refractivity contribution in [1.29, 1.82) is 10.5 Å². The molecule has 37 heavy (non-hydrogen) atoms. The Labute approximate surface area is 218 Å². The molecule has 4 rings (SSSR count). The van der Waals surface area contributed by atoms with Gasteiger partial charge in [-0.15, -0.1) is 11.3 Å². The minimum Gasteiger partial charge on any atom is -0.495 e. The van der Waals surface area contributed by atoms with Gasteiger partial charge < -0.3 is 14.5 Å². The van der Waals surface area contributed by atoms with Gasteiger partial charge in [0.1, 0.15) is 22.8 Å². The highest BCUT2D eigenvalue weighted by Gasteiger charge is 2.24. The summed E-state index contributed by atoms with van der Waals surface area (Å²) >= 11 is 1.05. The number of Topliss-reactive ketones (excluding diaryl/α,β-unsaturated/α-hetero) is 1. The number of carbonyl (C=O) groups excluding carboxylic acids is 2.